The van der Waals surface area contributed by atoms with E-state index in [0.29, 0.717) is 4.70 Å². The molecule has 3 nitrogen and oxygen atoms in total. The summed E-state index contributed by atoms with van der Waals surface area (Å²) in [7, 11) is 1.54. The first-order chi connectivity index (χ1) is 10.5. The van der Waals surface area contributed by atoms with Crippen LogP contribution in [-0.4, -0.2) is 10.5 Å². The van der Waals surface area contributed by atoms with Gasteiger partial charge in [-0.2, -0.15) is 4.99 Å². The Labute approximate surface area is 127 Å². The van der Waals surface area contributed by atoms with E-state index >= 15 is 0 Å². The maximum absolute atomic E-state index is 13.8. The first-order valence-corrected chi connectivity index (χ1v) is 7.06. The fourth-order valence-electron chi connectivity index (χ4n) is 2.05. The number of benzene rings is 2. The zero-order chi connectivity index (χ0) is 15.9. The van der Waals surface area contributed by atoms with Crippen molar-refractivity contribution in [2.24, 2.45) is 12.0 Å². The first-order valence-electron chi connectivity index (χ1n) is 6.25. The number of thiazole rings is 1. The zero-order valence-electron chi connectivity index (χ0n) is 11.3. The molecule has 22 heavy (non-hydrogen) atoms. The van der Waals surface area contributed by atoms with Gasteiger partial charge >= 0.3 is 0 Å². The van der Waals surface area contributed by atoms with Gasteiger partial charge in [-0.05, 0) is 30.3 Å². The minimum Gasteiger partial charge on any atom is -0.317 e. The quantitative estimate of drug-likeness (QED) is 0.676. The highest BCUT2D eigenvalue weighted by atomic mass is 32.1. The molecule has 1 aromatic heterocycles. The molecule has 0 saturated heterocycles. The van der Waals surface area contributed by atoms with E-state index in [1.54, 1.807) is 0 Å². The SMILES string of the molecule is Cn1c(=NC(=O)c2ccc(F)cc2)sc2cc(F)cc(F)c21. The van der Waals surface area contributed by atoms with Crippen LogP contribution in [0.15, 0.2) is 41.4 Å². The summed E-state index contributed by atoms with van der Waals surface area (Å²) in [6.07, 6.45) is 0. The minimum absolute atomic E-state index is 0.178. The van der Waals surface area contributed by atoms with Crippen LogP contribution in [0.2, 0.25) is 0 Å². The van der Waals surface area contributed by atoms with Crippen molar-refractivity contribution in [1.82, 2.24) is 4.57 Å². The predicted molar refractivity (Wildman–Crippen MR) is 77.0 cm³/mol. The van der Waals surface area contributed by atoms with Crippen molar-refractivity contribution in [3.05, 3.63) is 64.2 Å². The van der Waals surface area contributed by atoms with Crippen molar-refractivity contribution in [2.75, 3.05) is 0 Å². The molecule has 0 fully saturated rings. The monoisotopic (exact) mass is 322 g/mol. The van der Waals surface area contributed by atoms with Gasteiger partial charge in [0.15, 0.2) is 10.6 Å². The molecule has 0 radical (unpaired) electrons. The second kappa shape index (κ2) is 5.42. The molecule has 1 heterocycles. The normalized spacial score (nSPS) is 12.1. The molecule has 1 amide bonds. The summed E-state index contributed by atoms with van der Waals surface area (Å²) < 4.78 is 41.6. The molecule has 0 atom stereocenters. The van der Waals surface area contributed by atoms with Gasteiger partial charge in [0.25, 0.3) is 5.91 Å². The van der Waals surface area contributed by atoms with E-state index in [-0.39, 0.29) is 15.9 Å². The van der Waals surface area contributed by atoms with E-state index in [1.807, 2.05) is 0 Å². The molecule has 2 aromatic carbocycles. The Bertz CT molecular complexity index is 942. The lowest BCUT2D eigenvalue weighted by Crippen LogP contribution is -2.13. The molecule has 0 N–H and O–H groups in total. The van der Waals surface area contributed by atoms with Crippen molar-refractivity contribution in [3.8, 4) is 0 Å². The summed E-state index contributed by atoms with van der Waals surface area (Å²) in [6, 6.07) is 6.90. The third-order valence-electron chi connectivity index (χ3n) is 3.11. The second-order valence-electron chi connectivity index (χ2n) is 4.60. The highest BCUT2D eigenvalue weighted by Gasteiger charge is 2.12. The molecule has 0 unspecified atom stereocenters. The lowest BCUT2D eigenvalue weighted by molar-refractivity contribution is 0.0998. The molecule has 0 bridgehead atoms. The van der Waals surface area contributed by atoms with Crippen LogP contribution in [-0.2, 0) is 7.05 Å². The fraction of sp³-hybridized carbons (Fsp3) is 0.0667. The second-order valence-corrected chi connectivity index (χ2v) is 5.61. The van der Waals surface area contributed by atoms with Gasteiger partial charge in [0.1, 0.15) is 11.6 Å². The number of aromatic nitrogens is 1. The number of carbonyl (C=O) groups is 1. The van der Waals surface area contributed by atoms with E-state index in [4.69, 9.17) is 0 Å². The van der Waals surface area contributed by atoms with Crippen molar-refractivity contribution in [1.29, 1.82) is 0 Å². The van der Waals surface area contributed by atoms with E-state index in [2.05, 4.69) is 4.99 Å². The van der Waals surface area contributed by atoms with Crippen LogP contribution >= 0.6 is 11.3 Å². The molecule has 0 aliphatic heterocycles. The van der Waals surface area contributed by atoms with Crippen LogP contribution in [0, 0.1) is 17.5 Å². The lowest BCUT2D eigenvalue weighted by atomic mass is 10.2. The summed E-state index contributed by atoms with van der Waals surface area (Å²) in [5.74, 6) is -2.45. The molecular formula is C15H9F3N2OS. The Morgan fingerprint density at radius 2 is 1.77 bits per heavy atom. The summed E-state index contributed by atoms with van der Waals surface area (Å²) in [5.41, 5.74) is 0.391. The molecule has 3 rings (SSSR count). The van der Waals surface area contributed by atoms with E-state index < -0.39 is 23.4 Å². The lowest BCUT2D eigenvalue weighted by Gasteiger charge is -1.98. The van der Waals surface area contributed by atoms with Gasteiger partial charge in [0.2, 0.25) is 0 Å². The maximum atomic E-state index is 13.8. The van der Waals surface area contributed by atoms with Crippen LogP contribution in [0.25, 0.3) is 10.2 Å². The van der Waals surface area contributed by atoms with Crippen molar-refractivity contribution in [2.45, 2.75) is 0 Å². The number of amides is 1. The number of aryl methyl sites for hydroxylation is 1. The third kappa shape index (κ3) is 2.55. The van der Waals surface area contributed by atoms with Gasteiger partial charge in [0, 0.05) is 18.7 Å². The van der Waals surface area contributed by atoms with Crippen LogP contribution in [0.5, 0.6) is 0 Å². The number of rotatable bonds is 1. The molecule has 0 spiro atoms. The highest BCUT2D eigenvalue weighted by Crippen LogP contribution is 2.21. The number of carbonyl (C=O) groups excluding carboxylic acids is 1. The van der Waals surface area contributed by atoms with Crippen molar-refractivity contribution >= 4 is 27.5 Å². The average Bonchev–Trinajstić information content (AvgIpc) is 2.75. The topological polar surface area (TPSA) is 34.4 Å². The number of nitrogens with zero attached hydrogens (tertiary/aromatic N) is 2. The van der Waals surface area contributed by atoms with Gasteiger partial charge in [-0.3, -0.25) is 4.79 Å². The smallest absolute Gasteiger partial charge is 0.279 e. The molecule has 3 aromatic rings. The maximum Gasteiger partial charge on any atom is 0.279 e. The molecule has 0 saturated carbocycles. The molecule has 0 aliphatic carbocycles. The Hall–Kier alpha value is -2.41. The number of hydrogen-bond acceptors (Lipinski definition) is 2. The molecular weight excluding hydrogens is 313 g/mol. The van der Waals surface area contributed by atoms with Crippen molar-refractivity contribution in [3.63, 3.8) is 0 Å². The Kier molecular flexibility index (Phi) is 3.58. The summed E-state index contributed by atoms with van der Waals surface area (Å²) in [4.78, 5) is 16.2. The predicted octanol–water partition coefficient (Wildman–Crippen LogP) is 3.40. The number of hydrogen-bond donors (Lipinski definition) is 0. The Balaban J connectivity index is 2.13. The van der Waals surface area contributed by atoms with Gasteiger partial charge in [0.05, 0.1) is 10.2 Å². The van der Waals surface area contributed by atoms with E-state index in [0.717, 1.165) is 29.5 Å². The summed E-state index contributed by atoms with van der Waals surface area (Å²) >= 11 is 1.000. The van der Waals surface area contributed by atoms with Crippen LogP contribution < -0.4 is 4.80 Å². The average molecular weight is 322 g/mol. The fourth-order valence-corrected chi connectivity index (χ4v) is 3.11. The standard InChI is InChI=1S/C15H9F3N2OS/c1-20-13-11(18)6-10(17)7-12(13)22-15(20)19-14(21)8-2-4-9(16)5-3-8/h2-7H,1H3. The Morgan fingerprint density at radius 3 is 2.45 bits per heavy atom. The zero-order valence-corrected chi connectivity index (χ0v) is 12.1. The number of halogens is 3. The highest BCUT2D eigenvalue weighted by molar-refractivity contribution is 7.16. The summed E-state index contributed by atoms with van der Waals surface area (Å²) in [6.45, 7) is 0. The molecule has 0 aliphatic rings. The van der Waals surface area contributed by atoms with Gasteiger partial charge in [-0.15, -0.1) is 0 Å². The van der Waals surface area contributed by atoms with Crippen LogP contribution in [0.3, 0.4) is 0 Å². The Morgan fingerprint density at radius 1 is 1.09 bits per heavy atom. The van der Waals surface area contributed by atoms with Gasteiger partial charge < -0.3 is 4.57 Å². The first kappa shape index (κ1) is 14.5. The van der Waals surface area contributed by atoms with Gasteiger partial charge in [-0.1, -0.05) is 11.3 Å². The van der Waals surface area contributed by atoms with Crippen LogP contribution in [0.1, 0.15) is 10.4 Å². The molecule has 7 heteroatoms. The number of fused-ring (bicyclic) bond motifs is 1. The van der Waals surface area contributed by atoms with Gasteiger partial charge in [-0.25, -0.2) is 13.2 Å². The minimum atomic E-state index is -0.718. The van der Waals surface area contributed by atoms with E-state index in [9.17, 15) is 18.0 Å². The van der Waals surface area contributed by atoms with E-state index in [1.165, 1.54) is 29.8 Å². The van der Waals surface area contributed by atoms with Crippen LogP contribution in [0.4, 0.5) is 13.2 Å². The molecule has 112 valence electrons. The third-order valence-corrected chi connectivity index (χ3v) is 4.18. The van der Waals surface area contributed by atoms with Crippen molar-refractivity contribution < 1.29 is 18.0 Å². The largest absolute Gasteiger partial charge is 0.317 e. The summed E-state index contributed by atoms with van der Waals surface area (Å²) in [5, 5.41) is 0.